The molecule has 1 atom stereocenters. The summed E-state index contributed by atoms with van der Waals surface area (Å²) in [4.78, 5) is 24.7. The molecular formula is C14H14N2O3. The maximum Gasteiger partial charge on any atom is 0.411 e. The minimum absolute atomic E-state index is 0.0142. The minimum atomic E-state index is -0.945. The number of ketones is 1. The number of carbonyl (C=O) groups excluding carboxylic acids is 1. The molecule has 5 nitrogen and oxygen atoms in total. The topological polar surface area (TPSA) is 69.6 Å². The lowest BCUT2D eigenvalue weighted by atomic mass is 10.0. The third kappa shape index (κ3) is 1.97. The molecule has 19 heavy (non-hydrogen) atoms. The molecular weight excluding hydrogens is 244 g/mol. The van der Waals surface area contributed by atoms with Gasteiger partial charge in [-0.05, 0) is 0 Å². The summed E-state index contributed by atoms with van der Waals surface area (Å²) >= 11 is 0. The molecule has 0 spiro atoms. The van der Waals surface area contributed by atoms with E-state index >= 15 is 0 Å². The third-order valence-corrected chi connectivity index (χ3v) is 3.61. The van der Waals surface area contributed by atoms with E-state index in [0.717, 1.165) is 11.4 Å². The molecule has 2 aliphatic heterocycles. The summed E-state index contributed by atoms with van der Waals surface area (Å²) in [5.41, 5.74) is 2.31. The second-order valence-electron chi connectivity index (χ2n) is 4.74. The van der Waals surface area contributed by atoms with Crippen LogP contribution in [-0.4, -0.2) is 34.5 Å². The lowest BCUT2D eigenvalue weighted by molar-refractivity contribution is 0.0947. The molecule has 98 valence electrons. The van der Waals surface area contributed by atoms with Crippen molar-refractivity contribution in [3.8, 4) is 0 Å². The maximum absolute atomic E-state index is 12.3. The van der Waals surface area contributed by atoms with Crippen LogP contribution in [0.25, 0.3) is 0 Å². The zero-order valence-corrected chi connectivity index (χ0v) is 10.3. The van der Waals surface area contributed by atoms with Crippen molar-refractivity contribution in [1.82, 2.24) is 10.2 Å². The first kappa shape index (κ1) is 11.8. The Kier molecular flexibility index (Phi) is 2.74. The highest BCUT2D eigenvalue weighted by atomic mass is 16.4. The van der Waals surface area contributed by atoms with Gasteiger partial charge in [0.25, 0.3) is 0 Å². The van der Waals surface area contributed by atoms with Crippen LogP contribution in [0.4, 0.5) is 4.79 Å². The van der Waals surface area contributed by atoms with Crippen molar-refractivity contribution < 1.29 is 14.7 Å². The average molecular weight is 258 g/mol. The maximum atomic E-state index is 12.3. The second kappa shape index (κ2) is 4.42. The number of rotatable bonds is 2. The Morgan fingerprint density at radius 1 is 1.26 bits per heavy atom. The van der Waals surface area contributed by atoms with Crippen LogP contribution in [0.2, 0.25) is 0 Å². The number of hydrogen-bond acceptors (Lipinski definition) is 3. The quantitative estimate of drug-likeness (QED) is 0.794. The molecule has 2 heterocycles. The monoisotopic (exact) mass is 258 g/mol. The van der Waals surface area contributed by atoms with Crippen molar-refractivity contribution in [2.45, 2.75) is 18.9 Å². The second-order valence-corrected chi connectivity index (χ2v) is 4.74. The SMILES string of the molecule is O=C(c1ccccc1)[C@H]1CC2=C(CCN2C(=O)O)N1. The highest BCUT2D eigenvalue weighted by molar-refractivity contribution is 6.00. The van der Waals surface area contributed by atoms with Crippen molar-refractivity contribution in [2.24, 2.45) is 0 Å². The number of hydrogen-bond donors (Lipinski definition) is 2. The van der Waals surface area contributed by atoms with Gasteiger partial charge in [-0.2, -0.15) is 0 Å². The highest BCUT2D eigenvalue weighted by Gasteiger charge is 2.37. The normalized spacial score (nSPS) is 21.3. The summed E-state index contributed by atoms with van der Waals surface area (Å²) in [5, 5.41) is 12.2. The van der Waals surface area contributed by atoms with E-state index in [1.165, 1.54) is 4.90 Å². The Bertz CT molecular complexity index is 565. The Morgan fingerprint density at radius 3 is 2.68 bits per heavy atom. The number of benzene rings is 1. The minimum Gasteiger partial charge on any atom is -0.465 e. The summed E-state index contributed by atoms with van der Waals surface area (Å²) in [6, 6.07) is 8.74. The van der Waals surface area contributed by atoms with Crippen LogP contribution in [-0.2, 0) is 0 Å². The molecule has 0 bridgehead atoms. The number of Topliss-reactive ketones (excluding diaryl/α,β-unsaturated/α-hetero) is 1. The standard InChI is InChI=1S/C14H14N2O3/c17-13(9-4-2-1-3-5-9)11-8-12-10(15-11)6-7-16(12)14(18)19/h1-5,11,15H,6-8H2,(H,18,19)/t11-/m1/s1. The van der Waals surface area contributed by atoms with Gasteiger partial charge in [0.2, 0.25) is 0 Å². The van der Waals surface area contributed by atoms with Crippen molar-refractivity contribution in [1.29, 1.82) is 0 Å². The summed E-state index contributed by atoms with van der Waals surface area (Å²) in [6.07, 6.45) is 0.176. The number of carboxylic acid groups (broad SMARTS) is 1. The van der Waals surface area contributed by atoms with E-state index in [1.807, 2.05) is 18.2 Å². The van der Waals surface area contributed by atoms with E-state index in [-0.39, 0.29) is 11.8 Å². The van der Waals surface area contributed by atoms with Gasteiger partial charge >= 0.3 is 6.09 Å². The molecule has 0 saturated heterocycles. The number of nitrogens with zero attached hydrogens (tertiary/aromatic N) is 1. The molecule has 5 heteroatoms. The average Bonchev–Trinajstić information content (AvgIpc) is 2.98. The Balaban J connectivity index is 1.75. The molecule has 0 fully saturated rings. The van der Waals surface area contributed by atoms with Crippen LogP contribution in [0.1, 0.15) is 23.2 Å². The van der Waals surface area contributed by atoms with E-state index in [4.69, 9.17) is 5.11 Å². The van der Waals surface area contributed by atoms with Gasteiger partial charge < -0.3 is 10.4 Å². The van der Waals surface area contributed by atoms with Gasteiger partial charge in [-0.15, -0.1) is 0 Å². The van der Waals surface area contributed by atoms with Crippen molar-refractivity contribution >= 4 is 11.9 Å². The lowest BCUT2D eigenvalue weighted by Gasteiger charge is -2.17. The van der Waals surface area contributed by atoms with Gasteiger partial charge in [0.1, 0.15) is 0 Å². The summed E-state index contributed by atoms with van der Waals surface area (Å²) in [7, 11) is 0. The van der Waals surface area contributed by atoms with Crippen molar-refractivity contribution in [2.75, 3.05) is 6.54 Å². The fourth-order valence-corrected chi connectivity index (χ4v) is 2.68. The zero-order chi connectivity index (χ0) is 13.4. The Hall–Kier alpha value is -2.30. The zero-order valence-electron chi connectivity index (χ0n) is 10.3. The van der Waals surface area contributed by atoms with Crippen molar-refractivity contribution in [3.63, 3.8) is 0 Å². The Morgan fingerprint density at radius 2 is 2.00 bits per heavy atom. The smallest absolute Gasteiger partial charge is 0.411 e. The lowest BCUT2D eigenvalue weighted by Crippen LogP contribution is -2.34. The van der Waals surface area contributed by atoms with Gasteiger partial charge in [-0.3, -0.25) is 9.69 Å². The molecule has 1 amide bonds. The number of carbonyl (C=O) groups is 2. The van der Waals surface area contributed by atoms with Crippen LogP contribution in [0.3, 0.4) is 0 Å². The Labute approximate surface area is 110 Å². The molecule has 2 aliphatic rings. The molecule has 0 saturated carbocycles. The van der Waals surface area contributed by atoms with Crippen LogP contribution in [0.15, 0.2) is 41.7 Å². The van der Waals surface area contributed by atoms with Crippen molar-refractivity contribution in [3.05, 3.63) is 47.3 Å². The number of nitrogens with one attached hydrogen (secondary N) is 1. The van der Waals surface area contributed by atoms with E-state index in [0.29, 0.717) is 24.9 Å². The van der Waals surface area contributed by atoms with Crippen LogP contribution < -0.4 is 5.32 Å². The molecule has 3 rings (SSSR count). The molecule has 0 unspecified atom stereocenters. The molecule has 1 aromatic rings. The van der Waals surface area contributed by atoms with E-state index in [1.54, 1.807) is 12.1 Å². The fourth-order valence-electron chi connectivity index (χ4n) is 2.68. The van der Waals surface area contributed by atoms with Crippen LogP contribution >= 0.6 is 0 Å². The molecule has 0 radical (unpaired) electrons. The first-order chi connectivity index (χ1) is 9.16. The molecule has 0 aliphatic carbocycles. The summed E-state index contributed by atoms with van der Waals surface area (Å²) in [5.74, 6) is 0.0142. The largest absolute Gasteiger partial charge is 0.465 e. The summed E-state index contributed by atoms with van der Waals surface area (Å²) in [6.45, 7) is 0.485. The fraction of sp³-hybridized carbons (Fsp3) is 0.286. The molecule has 2 N–H and O–H groups in total. The molecule has 0 aromatic heterocycles. The van der Waals surface area contributed by atoms with Gasteiger partial charge in [-0.1, -0.05) is 30.3 Å². The van der Waals surface area contributed by atoms with E-state index < -0.39 is 6.09 Å². The molecule has 1 aromatic carbocycles. The van der Waals surface area contributed by atoms with Gasteiger partial charge in [0.05, 0.1) is 6.04 Å². The summed E-state index contributed by atoms with van der Waals surface area (Å²) < 4.78 is 0. The first-order valence-electron chi connectivity index (χ1n) is 6.25. The van der Waals surface area contributed by atoms with Gasteiger partial charge in [0, 0.05) is 36.3 Å². The van der Waals surface area contributed by atoms with Gasteiger partial charge in [-0.25, -0.2) is 4.79 Å². The van der Waals surface area contributed by atoms with Crippen LogP contribution in [0.5, 0.6) is 0 Å². The van der Waals surface area contributed by atoms with E-state index in [9.17, 15) is 9.59 Å². The number of amides is 1. The van der Waals surface area contributed by atoms with E-state index in [2.05, 4.69) is 5.32 Å². The van der Waals surface area contributed by atoms with Gasteiger partial charge in [0.15, 0.2) is 5.78 Å². The third-order valence-electron chi connectivity index (χ3n) is 3.61. The highest BCUT2D eigenvalue weighted by Crippen LogP contribution is 2.31. The predicted molar refractivity (Wildman–Crippen MR) is 68.7 cm³/mol. The predicted octanol–water partition coefficient (Wildman–Crippen LogP) is 1.83. The first-order valence-corrected chi connectivity index (χ1v) is 6.25. The van der Waals surface area contributed by atoms with Crippen LogP contribution in [0, 0.1) is 0 Å².